The summed E-state index contributed by atoms with van der Waals surface area (Å²) in [5.41, 5.74) is 4.15. The molecule has 0 bridgehead atoms. The Kier molecular flexibility index (Phi) is 7.13. The van der Waals surface area contributed by atoms with Gasteiger partial charge in [0.2, 0.25) is 0 Å². The van der Waals surface area contributed by atoms with Gasteiger partial charge < -0.3 is 14.6 Å². The van der Waals surface area contributed by atoms with Crippen molar-refractivity contribution in [3.8, 4) is 34.5 Å². The molecule has 0 unspecified atom stereocenters. The predicted molar refractivity (Wildman–Crippen MR) is 118 cm³/mol. The summed E-state index contributed by atoms with van der Waals surface area (Å²) in [5, 5.41) is 9.06. The molecule has 3 aromatic rings. The fourth-order valence-electron chi connectivity index (χ4n) is 3.16. The van der Waals surface area contributed by atoms with E-state index in [9.17, 15) is 4.79 Å². The molecule has 1 atom stereocenters. The van der Waals surface area contributed by atoms with Crippen molar-refractivity contribution < 1.29 is 19.4 Å². The van der Waals surface area contributed by atoms with Gasteiger partial charge in [-0.15, -0.1) is 5.92 Å². The average molecular weight is 400 g/mol. The summed E-state index contributed by atoms with van der Waals surface area (Å²) in [4.78, 5) is 11.0. The maximum absolute atomic E-state index is 11.0. The van der Waals surface area contributed by atoms with Gasteiger partial charge in [-0.05, 0) is 53.4 Å². The summed E-state index contributed by atoms with van der Waals surface area (Å²) in [7, 11) is 1.66. The maximum Gasteiger partial charge on any atom is 0.304 e. The van der Waals surface area contributed by atoms with E-state index < -0.39 is 5.97 Å². The van der Waals surface area contributed by atoms with E-state index in [-0.39, 0.29) is 12.3 Å². The second-order valence-corrected chi connectivity index (χ2v) is 6.83. The Bertz CT molecular complexity index is 1040. The third-order valence-corrected chi connectivity index (χ3v) is 4.74. The number of carboxylic acid groups (broad SMARTS) is 1. The molecule has 0 heterocycles. The van der Waals surface area contributed by atoms with Gasteiger partial charge in [-0.2, -0.15) is 0 Å². The third-order valence-electron chi connectivity index (χ3n) is 4.74. The zero-order chi connectivity index (χ0) is 21.3. The van der Waals surface area contributed by atoms with Crippen LogP contribution in [0, 0.1) is 11.8 Å². The molecule has 0 fully saturated rings. The number of hydrogen-bond acceptors (Lipinski definition) is 3. The van der Waals surface area contributed by atoms with Crippen LogP contribution in [0.3, 0.4) is 0 Å². The van der Waals surface area contributed by atoms with Crippen LogP contribution in [-0.2, 0) is 11.4 Å². The summed E-state index contributed by atoms with van der Waals surface area (Å²) in [5.74, 6) is 6.15. The minimum Gasteiger partial charge on any atom is -0.497 e. The minimum absolute atomic E-state index is 0.0132. The second-order valence-electron chi connectivity index (χ2n) is 6.83. The standard InChI is InChI=1S/C26H24O4/c1-3-5-22(17-26(27)28)21-12-14-24(15-13-21)30-18-19-8-10-20(11-9-19)23-6-4-7-25(16-23)29-2/h4,6-16,22H,17-18H2,1-2H3,(H,27,28)/t22-/m1/s1. The number of methoxy groups -OCH3 is 1. The first-order chi connectivity index (χ1) is 14.6. The molecule has 30 heavy (non-hydrogen) atoms. The van der Waals surface area contributed by atoms with Crippen molar-refractivity contribution in [1.82, 2.24) is 0 Å². The number of benzene rings is 3. The van der Waals surface area contributed by atoms with Gasteiger partial charge in [0.25, 0.3) is 0 Å². The topological polar surface area (TPSA) is 55.8 Å². The van der Waals surface area contributed by atoms with Crippen molar-refractivity contribution in [3.05, 3.63) is 83.9 Å². The number of carbonyl (C=O) groups is 1. The molecular weight excluding hydrogens is 376 g/mol. The van der Waals surface area contributed by atoms with Crippen molar-refractivity contribution in [3.63, 3.8) is 0 Å². The first kappa shape index (κ1) is 21.0. The largest absolute Gasteiger partial charge is 0.497 e. The molecule has 0 aliphatic heterocycles. The van der Waals surface area contributed by atoms with Crippen molar-refractivity contribution >= 4 is 5.97 Å². The van der Waals surface area contributed by atoms with Gasteiger partial charge in [-0.3, -0.25) is 4.79 Å². The zero-order valence-electron chi connectivity index (χ0n) is 17.1. The molecule has 0 saturated heterocycles. The van der Waals surface area contributed by atoms with Crippen molar-refractivity contribution in [1.29, 1.82) is 0 Å². The maximum atomic E-state index is 11.0. The Morgan fingerprint density at radius 2 is 1.70 bits per heavy atom. The molecule has 4 nitrogen and oxygen atoms in total. The summed E-state index contributed by atoms with van der Waals surface area (Å²) in [6, 6.07) is 23.6. The third kappa shape index (κ3) is 5.65. The fraction of sp³-hybridized carbons (Fsp3) is 0.192. The lowest BCUT2D eigenvalue weighted by molar-refractivity contribution is -0.137. The molecule has 3 aromatic carbocycles. The minimum atomic E-state index is -0.861. The molecule has 4 heteroatoms. The van der Waals surface area contributed by atoms with Gasteiger partial charge in [0, 0.05) is 0 Å². The molecule has 0 radical (unpaired) electrons. The van der Waals surface area contributed by atoms with E-state index in [1.54, 1.807) is 14.0 Å². The summed E-state index contributed by atoms with van der Waals surface area (Å²) in [6.45, 7) is 2.16. The second kappa shape index (κ2) is 10.2. The van der Waals surface area contributed by atoms with Gasteiger partial charge >= 0.3 is 5.97 Å². The van der Waals surface area contributed by atoms with Crippen LogP contribution < -0.4 is 9.47 Å². The highest BCUT2D eigenvalue weighted by molar-refractivity contribution is 5.69. The summed E-state index contributed by atoms with van der Waals surface area (Å²) < 4.78 is 11.2. The molecule has 3 rings (SSSR count). The van der Waals surface area contributed by atoms with Crippen molar-refractivity contribution in [2.75, 3.05) is 7.11 Å². The Labute approximate surface area is 177 Å². The molecule has 0 aliphatic carbocycles. The molecular formula is C26H24O4. The Hall–Kier alpha value is -3.71. The summed E-state index contributed by atoms with van der Waals surface area (Å²) in [6.07, 6.45) is -0.0132. The Morgan fingerprint density at radius 1 is 0.967 bits per heavy atom. The van der Waals surface area contributed by atoms with Crippen LogP contribution in [0.4, 0.5) is 0 Å². The number of rotatable bonds is 8. The van der Waals surface area contributed by atoms with Crippen molar-refractivity contribution in [2.24, 2.45) is 0 Å². The van der Waals surface area contributed by atoms with E-state index >= 15 is 0 Å². The summed E-state index contributed by atoms with van der Waals surface area (Å²) >= 11 is 0. The first-order valence-corrected chi connectivity index (χ1v) is 9.69. The number of carboxylic acids is 1. The van der Waals surface area contributed by atoms with Crippen LogP contribution >= 0.6 is 0 Å². The van der Waals surface area contributed by atoms with Crippen LogP contribution in [0.2, 0.25) is 0 Å². The van der Waals surface area contributed by atoms with Gasteiger partial charge in [-0.1, -0.05) is 54.5 Å². The average Bonchev–Trinajstić information content (AvgIpc) is 2.78. The van der Waals surface area contributed by atoms with Gasteiger partial charge in [0.1, 0.15) is 18.1 Å². The number of ether oxygens (including phenoxy) is 2. The lowest BCUT2D eigenvalue weighted by atomic mass is 9.96. The van der Waals surface area contributed by atoms with E-state index in [0.717, 1.165) is 33.8 Å². The zero-order valence-corrected chi connectivity index (χ0v) is 17.1. The van der Waals surface area contributed by atoms with Gasteiger partial charge in [0.15, 0.2) is 0 Å². The normalized spacial score (nSPS) is 11.1. The smallest absolute Gasteiger partial charge is 0.304 e. The highest BCUT2D eigenvalue weighted by Gasteiger charge is 2.13. The predicted octanol–water partition coefficient (Wildman–Crippen LogP) is 5.52. The highest BCUT2D eigenvalue weighted by Crippen LogP contribution is 2.25. The fourth-order valence-corrected chi connectivity index (χ4v) is 3.16. The molecule has 0 aliphatic rings. The van der Waals surface area contributed by atoms with Crippen LogP contribution in [-0.4, -0.2) is 18.2 Å². The van der Waals surface area contributed by atoms with E-state index in [1.807, 2.05) is 54.6 Å². The van der Waals surface area contributed by atoms with Crippen LogP contribution in [0.15, 0.2) is 72.8 Å². The van der Waals surface area contributed by atoms with Gasteiger partial charge in [-0.25, -0.2) is 0 Å². The lowest BCUT2D eigenvalue weighted by Crippen LogP contribution is -2.04. The van der Waals surface area contributed by atoms with E-state index in [0.29, 0.717) is 6.61 Å². The molecule has 152 valence electrons. The quantitative estimate of drug-likeness (QED) is 0.506. The molecule has 0 saturated carbocycles. The van der Waals surface area contributed by atoms with Crippen molar-refractivity contribution in [2.45, 2.75) is 25.9 Å². The Balaban J connectivity index is 1.62. The number of aliphatic carboxylic acids is 1. The van der Waals surface area contributed by atoms with E-state index in [1.165, 1.54) is 0 Å². The first-order valence-electron chi connectivity index (χ1n) is 9.69. The number of hydrogen-bond donors (Lipinski definition) is 1. The Morgan fingerprint density at radius 3 is 2.33 bits per heavy atom. The van der Waals surface area contributed by atoms with Crippen LogP contribution in [0.5, 0.6) is 11.5 Å². The van der Waals surface area contributed by atoms with Crippen LogP contribution in [0.25, 0.3) is 11.1 Å². The van der Waals surface area contributed by atoms with Gasteiger partial charge in [0.05, 0.1) is 19.4 Å². The SMILES string of the molecule is CC#C[C@H](CC(=O)O)c1ccc(OCc2ccc(-c3cccc(OC)c3)cc2)cc1. The van der Waals surface area contributed by atoms with E-state index in [4.69, 9.17) is 14.6 Å². The van der Waals surface area contributed by atoms with E-state index in [2.05, 4.69) is 30.0 Å². The molecule has 0 aromatic heterocycles. The molecule has 0 amide bonds. The monoisotopic (exact) mass is 400 g/mol. The molecule has 0 spiro atoms. The highest BCUT2D eigenvalue weighted by atomic mass is 16.5. The van der Waals surface area contributed by atoms with Crippen LogP contribution in [0.1, 0.15) is 30.4 Å². The lowest BCUT2D eigenvalue weighted by Gasteiger charge is -2.11. The molecule has 1 N–H and O–H groups in total.